The summed E-state index contributed by atoms with van der Waals surface area (Å²) in [5.74, 6) is -0.182. The normalized spacial score (nSPS) is 9.07. The van der Waals surface area contributed by atoms with Crippen LogP contribution in [-0.2, 0) is 14.3 Å². The molecule has 0 aliphatic carbocycles. The van der Waals surface area contributed by atoms with Gasteiger partial charge in [0.25, 0.3) is 0 Å². The first kappa shape index (κ1) is 16.8. The third-order valence-corrected chi connectivity index (χ3v) is 1.56. The smallest absolute Gasteiger partial charge is 0.302 e. The standard InChI is InChI=1S/C6H12O2.C5H12O2/c1-3-4-5-8-6(2)7;1-7-5-3-2-4-6/h3-5H2,1-2H3;6H,2-5H2,1H3. The van der Waals surface area contributed by atoms with Gasteiger partial charge >= 0.3 is 5.97 Å². The van der Waals surface area contributed by atoms with Gasteiger partial charge in [0.05, 0.1) is 6.61 Å². The monoisotopic (exact) mass is 220 g/mol. The van der Waals surface area contributed by atoms with E-state index in [1.54, 1.807) is 7.11 Å². The molecule has 0 amide bonds. The fourth-order valence-electron chi connectivity index (χ4n) is 0.718. The van der Waals surface area contributed by atoms with Crippen LogP contribution in [0, 0.1) is 0 Å². The van der Waals surface area contributed by atoms with Crippen LogP contribution in [0.5, 0.6) is 0 Å². The Labute approximate surface area is 92.6 Å². The van der Waals surface area contributed by atoms with Crippen molar-refractivity contribution in [1.29, 1.82) is 0 Å². The van der Waals surface area contributed by atoms with Gasteiger partial charge in [0.1, 0.15) is 0 Å². The highest BCUT2D eigenvalue weighted by Crippen LogP contribution is 1.86. The molecule has 0 heterocycles. The molecule has 4 heteroatoms. The summed E-state index contributed by atoms with van der Waals surface area (Å²) in [5.41, 5.74) is 0. The summed E-state index contributed by atoms with van der Waals surface area (Å²) in [4.78, 5) is 10.1. The first-order valence-electron chi connectivity index (χ1n) is 5.42. The summed E-state index contributed by atoms with van der Waals surface area (Å²) in [5, 5.41) is 8.24. The molecule has 0 unspecified atom stereocenters. The number of esters is 1. The van der Waals surface area contributed by atoms with Crippen molar-refractivity contribution in [2.75, 3.05) is 26.9 Å². The van der Waals surface area contributed by atoms with Crippen molar-refractivity contribution in [1.82, 2.24) is 0 Å². The van der Waals surface area contributed by atoms with Crippen LogP contribution >= 0.6 is 0 Å². The lowest BCUT2D eigenvalue weighted by Crippen LogP contribution is -1.99. The lowest BCUT2D eigenvalue weighted by atomic mass is 10.3. The molecule has 0 aromatic heterocycles. The minimum absolute atomic E-state index is 0.182. The van der Waals surface area contributed by atoms with Crippen LogP contribution in [0.15, 0.2) is 0 Å². The highest BCUT2D eigenvalue weighted by molar-refractivity contribution is 5.65. The highest BCUT2D eigenvalue weighted by Gasteiger charge is 1.88. The van der Waals surface area contributed by atoms with Crippen LogP contribution in [0.4, 0.5) is 0 Å². The number of methoxy groups -OCH3 is 1. The zero-order valence-corrected chi connectivity index (χ0v) is 10.1. The minimum atomic E-state index is -0.182. The Balaban J connectivity index is 0. The van der Waals surface area contributed by atoms with Crippen LogP contribution in [-0.4, -0.2) is 38.0 Å². The lowest BCUT2D eigenvalue weighted by molar-refractivity contribution is -0.141. The molecular weight excluding hydrogens is 196 g/mol. The Morgan fingerprint density at radius 1 is 1.20 bits per heavy atom. The van der Waals surface area contributed by atoms with E-state index in [2.05, 4.69) is 11.7 Å². The molecule has 0 aliphatic heterocycles. The minimum Gasteiger partial charge on any atom is -0.466 e. The van der Waals surface area contributed by atoms with Gasteiger partial charge < -0.3 is 14.6 Å². The second-order valence-electron chi connectivity index (χ2n) is 3.12. The van der Waals surface area contributed by atoms with E-state index < -0.39 is 0 Å². The molecule has 0 bridgehead atoms. The van der Waals surface area contributed by atoms with Crippen molar-refractivity contribution in [2.45, 2.75) is 39.5 Å². The number of rotatable bonds is 7. The van der Waals surface area contributed by atoms with Crippen molar-refractivity contribution in [3.05, 3.63) is 0 Å². The van der Waals surface area contributed by atoms with Gasteiger partial charge in [0.2, 0.25) is 0 Å². The Kier molecular flexibility index (Phi) is 17.8. The molecular formula is C11H24O4. The number of unbranched alkanes of at least 4 members (excludes halogenated alkanes) is 2. The van der Waals surface area contributed by atoms with Gasteiger partial charge in [-0.05, 0) is 19.3 Å². The van der Waals surface area contributed by atoms with Crippen molar-refractivity contribution < 1.29 is 19.4 Å². The van der Waals surface area contributed by atoms with Crippen molar-refractivity contribution in [3.63, 3.8) is 0 Å². The maximum Gasteiger partial charge on any atom is 0.302 e. The Bertz CT molecular complexity index is 122. The molecule has 0 saturated heterocycles. The van der Waals surface area contributed by atoms with Gasteiger partial charge in [-0.25, -0.2) is 0 Å². The Morgan fingerprint density at radius 3 is 2.27 bits per heavy atom. The third-order valence-electron chi connectivity index (χ3n) is 1.56. The average molecular weight is 220 g/mol. The number of hydrogen-bond acceptors (Lipinski definition) is 4. The van der Waals surface area contributed by atoms with Gasteiger partial charge in [-0.2, -0.15) is 0 Å². The predicted molar refractivity (Wildman–Crippen MR) is 59.7 cm³/mol. The van der Waals surface area contributed by atoms with Crippen LogP contribution in [0.25, 0.3) is 0 Å². The molecule has 4 nitrogen and oxygen atoms in total. The average Bonchev–Trinajstić information content (AvgIpc) is 2.20. The molecule has 0 aliphatic rings. The maximum absolute atomic E-state index is 10.1. The topological polar surface area (TPSA) is 55.8 Å². The van der Waals surface area contributed by atoms with Crippen LogP contribution < -0.4 is 0 Å². The fourth-order valence-corrected chi connectivity index (χ4v) is 0.718. The van der Waals surface area contributed by atoms with E-state index in [9.17, 15) is 4.79 Å². The molecule has 0 aromatic rings. The number of carbonyl (C=O) groups is 1. The predicted octanol–water partition coefficient (Wildman–Crippen LogP) is 1.75. The Hall–Kier alpha value is -0.610. The number of carbonyl (C=O) groups excluding carboxylic acids is 1. The molecule has 0 rings (SSSR count). The number of aliphatic hydroxyl groups excluding tert-OH is 1. The zero-order valence-electron chi connectivity index (χ0n) is 10.1. The number of hydrogen-bond donors (Lipinski definition) is 1. The summed E-state index contributed by atoms with van der Waals surface area (Å²) in [6.45, 7) is 5.11. The van der Waals surface area contributed by atoms with E-state index in [1.165, 1.54) is 6.92 Å². The molecule has 0 saturated carbocycles. The number of aliphatic hydroxyl groups is 1. The van der Waals surface area contributed by atoms with Gasteiger partial charge in [0, 0.05) is 27.2 Å². The van der Waals surface area contributed by atoms with Gasteiger partial charge in [0.15, 0.2) is 0 Å². The summed E-state index contributed by atoms with van der Waals surface area (Å²) in [6.07, 6.45) is 3.87. The van der Waals surface area contributed by atoms with E-state index in [1.807, 2.05) is 0 Å². The summed E-state index contributed by atoms with van der Waals surface area (Å²) < 4.78 is 9.38. The quantitative estimate of drug-likeness (QED) is 0.524. The molecule has 1 N–H and O–H groups in total. The molecule has 0 fully saturated rings. The van der Waals surface area contributed by atoms with E-state index in [0.717, 1.165) is 32.3 Å². The van der Waals surface area contributed by atoms with E-state index in [0.29, 0.717) is 6.61 Å². The summed E-state index contributed by atoms with van der Waals surface area (Å²) in [6, 6.07) is 0. The van der Waals surface area contributed by atoms with Crippen molar-refractivity contribution in [2.24, 2.45) is 0 Å². The first-order valence-corrected chi connectivity index (χ1v) is 5.42. The number of ether oxygens (including phenoxy) is 2. The molecule has 92 valence electrons. The highest BCUT2D eigenvalue weighted by atomic mass is 16.5. The van der Waals surface area contributed by atoms with Crippen molar-refractivity contribution in [3.8, 4) is 0 Å². The van der Waals surface area contributed by atoms with E-state index >= 15 is 0 Å². The zero-order chi connectivity index (χ0) is 11.9. The largest absolute Gasteiger partial charge is 0.466 e. The van der Waals surface area contributed by atoms with E-state index in [4.69, 9.17) is 9.84 Å². The van der Waals surface area contributed by atoms with Crippen LogP contribution in [0.2, 0.25) is 0 Å². The maximum atomic E-state index is 10.1. The second kappa shape index (κ2) is 15.8. The van der Waals surface area contributed by atoms with Crippen LogP contribution in [0.3, 0.4) is 0 Å². The van der Waals surface area contributed by atoms with E-state index in [-0.39, 0.29) is 12.6 Å². The SMILES string of the molecule is CCCCOC(C)=O.COCCCCO. The summed E-state index contributed by atoms with van der Waals surface area (Å²) >= 11 is 0. The first-order chi connectivity index (χ1) is 7.18. The fraction of sp³-hybridized carbons (Fsp3) is 0.909. The molecule has 15 heavy (non-hydrogen) atoms. The van der Waals surface area contributed by atoms with Gasteiger partial charge in [-0.15, -0.1) is 0 Å². The molecule has 0 aromatic carbocycles. The summed E-state index contributed by atoms with van der Waals surface area (Å²) in [7, 11) is 1.66. The van der Waals surface area contributed by atoms with Gasteiger partial charge in [-0.1, -0.05) is 13.3 Å². The Morgan fingerprint density at radius 2 is 1.87 bits per heavy atom. The van der Waals surface area contributed by atoms with Crippen molar-refractivity contribution >= 4 is 5.97 Å². The molecule has 0 spiro atoms. The molecule has 0 radical (unpaired) electrons. The third kappa shape index (κ3) is 24.7. The molecule has 0 atom stereocenters. The lowest BCUT2D eigenvalue weighted by Gasteiger charge is -1.96. The van der Waals surface area contributed by atoms with Crippen LogP contribution in [0.1, 0.15) is 39.5 Å². The second-order valence-corrected chi connectivity index (χ2v) is 3.12. The van der Waals surface area contributed by atoms with Gasteiger partial charge in [-0.3, -0.25) is 4.79 Å².